The molecule has 3 aliphatic rings. The van der Waals surface area contributed by atoms with Gasteiger partial charge in [0.05, 0.1) is 6.10 Å². The first-order chi connectivity index (χ1) is 11.4. The molecule has 0 aromatic heterocycles. The first kappa shape index (κ1) is 18.4. The predicted molar refractivity (Wildman–Crippen MR) is 94.0 cm³/mol. The van der Waals surface area contributed by atoms with E-state index in [0.29, 0.717) is 12.3 Å². The van der Waals surface area contributed by atoms with E-state index in [1.54, 1.807) is 6.08 Å². The fourth-order valence-corrected chi connectivity index (χ4v) is 4.97. The largest absolute Gasteiger partial charge is 0.379 e. The van der Waals surface area contributed by atoms with Crippen molar-refractivity contribution in [2.75, 3.05) is 0 Å². The van der Waals surface area contributed by atoms with Gasteiger partial charge in [0.1, 0.15) is 0 Å². The topological polar surface area (TPSA) is 9.23 Å². The van der Waals surface area contributed by atoms with E-state index in [0.717, 1.165) is 30.6 Å². The Labute approximate surface area is 146 Å². The van der Waals surface area contributed by atoms with E-state index in [-0.39, 0.29) is 11.7 Å². The van der Waals surface area contributed by atoms with Gasteiger partial charge in [0.2, 0.25) is 0 Å². The van der Waals surface area contributed by atoms with Crippen LogP contribution in [0.2, 0.25) is 0 Å². The van der Waals surface area contributed by atoms with Crippen LogP contribution in [0.4, 0.5) is 8.78 Å². The van der Waals surface area contributed by atoms with E-state index < -0.39 is 6.11 Å². The Bertz CT molecular complexity index is 429. The second-order valence-corrected chi connectivity index (χ2v) is 8.78. The van der Waals surface area contributed by atoms with Crippen LogP contribution in [0.5, 0.6) is 0 Å². The molecule has 0 spiro atoms. The minimum absolute atomic E-state index is 0.0780. The summed E-state index contributed by atoms with van der Waals surface area (Å²) in [5.41, 5.74) is 0.0780. The zero-order valence-corrected chi connectivity index (χ0v) is 15.4. The van der Waals surface area contributed by atoms with E-state index in [4.69, 9.17) is 4.74 Å². The van der Waals surface area contributed by atoms with E-state index in [1.165, 1.54) is 58.3 Å². The van der Waals surface area contributed by atoms with Crippen molar-refractivity contribution in [1.29, 1.82) is 0 Å². The highest BCUT2D eigenvalue weighted by Gasteiger charge is 2.41. The maximum Gasteiger partial charge on any atom is 0.379 e. The lowest BCUT2D eigenvalue weighted by atomic mass is 9.74. The van der Waals surface area contributed by atoms with Crippen LogP contribution < -0.4 is 0 Å². The van der Waals surface area contributed by atoms with Gasteiger partial charge in [-0.3, -0.25) is 0 Å². The number of hydrogen-bond acceptors (Lipinski definition) is 1. The minimum Gasteiger partial charge on any atom is -0.313 e. The van der Waals surface area contributed by atoms with Crippen LogP contribution in [0.1, 0.15) is 84.5 Å². The highest BCUT2D eigenvalue weighted by atomic mass is 19.3. The molecule has 1 unspecified atom stereocenters. The summed E-state index contributed by atoms with van der Waals surface area (Å²) >= 11 is 0. The Balaban J connectivity index is 1.38. The smallest absolute Gasteiger partial charge is 0.313 e. The van der Waals surface area contributed by atoms with Gasteiger partial charge in [0.15, 0.2) is 0 Å². The molecular weight excluding hydrogens is 306 g/mol. The molecule has 0 N–H and O–H groups in total. The maximum atomic E-state index is 13.7. The highest BCUT2D eigenvalue weighted by Crippen LogP contribution is 2.42. The summed E-state index contributed by atoms with van der Waals surface area (Å²) in [5.74, 6) is 3.03. The zero-order valence-electron chi connectivity index (χ0n) is 15.4. The average molecular weight is 340 g/mol. The molecule has 2 fully saturated rings. The Morgan fingerprint density at radius 3 is 2.04 bits per heavy atom. The molecule has 1 heterocycles. The Morgan fingerprint density at radius 2 is 1.50 bits per heavy atom. The van der Waals surface area contributed by atoms with Gasteiger partial charge in [-0.25, -0.2) is 0 Å². The second-order valence-electron chi connectivity index (χ2n) is 8.78. The molecule has 0 aromatic carbocycles. The van der Waals surface area contributed by atoms with Crippen molar-refractivity contribution < 1.29 is 13.5 Å². The molecule has 138 valence electrons. The Kier molecular flexibility index (Phi) is 6.00. The van der Waals surface area contributed by atoms with E-state index in [2.05, 4.69) is 6.92 Å². The first-order valence-electron chi connectivity index (χ1n) is 10.2. The molecule has 1 aliphatic heterocycles. The van der Waals surface area contributed by atoms with Crippen molar-refractivity contribution in [1.82, 2.24) is 0 Å². The summed E-state index contributed by atoms with van der Waals surface area (Å²) in [6.45, 7) is 3.85. The SMILES string of the molecule is CC1=CCC(C2CCC(CCC3CCC(C)CC3)CC2)OC1(F)F. The lowest BCUT2D eigenvalue weighted by Crippen LogP contribution is -2.38. The van der Waals surface area contributed by atoms with Crippen molar-refractivity contribution >= 4 is 0 Å². The quantitative estimate of drug-likeness (QED) is 0.516. The second kappa shape index (κ2) is 7.85. The Hall–Kier alpha value is -0.440. The van der Waals surface area contributed by atoms with Crippen LogP contribution in [0, 0.1) is 23.7 Å². The highest BCUT2D eigenvalue weighted by molar-refractivity contribution is 5.10. The number of rotatable bonds is 4. The summed E-state index contributed by atoms with van der Waals surface area (Å²) in [4.78, 5) is 0. The molecule has 0 amide bonds. The van der Waals surface area contributed by atoms with Gasteiger partial charge in [-0.05, 0) is 49.9 Å². The molecule has 3 rings (SSSR count). The third kappa shape index (κ3) is 4.59. The molecule has 0 radical (unpaired) electrons. The number of hydrogen-bond donors (Lipinski definition) is 0. The van der Waals surface area contributed by atoms with Crippen LogP contribution >= 0.6 is 0 Å². The van der Waals surface area contributed by atoms with Crippen LogP contribution in [0.25, 0.3) is 0 Å². The molecule has 2 saturated carbocycles. The number of alkyl halides is 2. The molecule has 0 saturated heterocycles. The lowest BCUT2D eigenvalue weighted by molar-refractivity contribution is -0.253. The standard InChI is InChI=1S/C21H34F2O/c1-15-3-6-17(7-4-15)8-9-18-10-12-19(13-11-18)20-14-5-16(2)21(22,23)24-20/h5,15,17-20H,3-4,6-14H2,1-2H3. The predicted octanol–water partition coefficient (Wildman–Crippen LogP) is 6.73. The van der Waals surface area contributed by atoms with Crippen molar-refractivity contribution in [2.45, 2.75) is 96.7 Å². The summed E-state index contributed by atoms with van der Waals surface area (Å²) in [6, 6.07) is 0. The summed E-state index contributed by atoms with van der Waals surface area (Å²) in [6.07, 6.45) is 12.0. The van der Waals surface area contributed by atoms with Gasteiger partial charge in [-0.2, -0.15) is 8.78 Å². The molecule has 1 atom stereocenters. The van der Waals surface area contributed by atoms with Crippen LogP contribution in [0.15, 0.2) is 11.6 Å². The lowest BCUT2D eigenvalue weighted by Gasteiger charge is -2.38. The average Bonchev–Trinajstić information content (AvgIpc) is 2.57. The molecule has 3 heteroatoms. The monoisotopic (exact) mass is 340 g/mol. The summed E-state index contributed by atoms with van der Waals surface area (Å²) in [5, 5.41) is 0. The van der Waals surface area contributed by atoms with Crippen molar-refractivity contribution in [3.63, 3.8) is 0 Å². The van der Waals surface area contributed by atoms with E-state index >= 15 is 0 Å². The van der Waals surface area contributed by atoms with Crippen molar-refractivity contribution in [3.8, 4) is 0 Å². The molecular formula is C21H34F2O. The van der Waals surface area contributed by atoms with Gasteiger partial charge < -0.3 is 4.74 Å². The van der Waals surface area contributed by atoms with Gasteiger partial charge in [-0.1, -0.05) is 64.4 Å². The third-order valence-electron chi connectivity index (χ3n) is 6.95. The third-order valence-corrected chi connectivity index (χ3v) is 6.95. The van der Waals surface area contributed by atoms with Gasteiger partial charge in [0.25, 0.3) is 0 Å². The maximum absolute atomic E-state index is 13.7. The van der Waals surface area contributed by atoms with E-state index in [1.807, 2.05) is 0 Å². The molecule has 0 bridgehead atoms. The molecule has 2 aliphatic carbocycles. The molecule has 24 heavy (non-hydrogen) atoms. The first-order valence-corrected chi connectivity index (χ1v) is 10.2. The summed E-state index contributed by atoms with van der Waals surface area (Å²) in [7, 11) is 0. The van der Waals surface area contributed by atoms with Crippen molar-refractivity contribution in [3.05, 3.63) is 11.6 Å². The van der Waals surface area contributed by atoms with Crippen LogP contribution in [0.3, 0.4) is 0 Å². The van der Waals surface area contributed by atoms with Gasteiger partial charge in [-0.15, -0.1) is 0 Å². The molecule has 0 aromatic rings. The van der Waals surface area contributed by atoms with Crippen molar-refractivity contribution in [2.24, 2.45) is 23.7 Å². The number of halogens is 2. The zero-order chi connectivity index (χ0) is 17.2. The Morgan fingerprint density at radius 1 is 0.958 bits per heavy atom. The fourth-order valence-electron chi connectivity index (χ4n) is 4.97. The normalized spacial score (nSPS) is 40.2. The fraction of sp³-hybridized carbons (Fsp3) is 0.905. The van der Waals surface area contributed by atoms with E-state index in [9.17, 15) is 8.78 Å². The van der Waals surface area contributed by atoms with Gasteiger partial charge in [0, 0.05) is 5.57 Å². The van der Waals surface area contributed by atoms with Crippen LogP contribution in [-0.2, 0) is 4.74 Å². The molecule has 1 nitrogen and oxygen atoms in total. The number of ether oxygens (including phenoxy) is 1. The van der Waals surface area contributed by atoms with Crippen LogP contribution in [-0.4, -0.2) is 12.2 Å². The summed E-state index contributed by atoms with van der Waals surface area (Å²) < 4.78 is 32.6. The minimum atomic E-state index is -3.04. The van der Waals surface area contributed by atoms with Gasteiger partial charge >= 0.3 is 6.11 Å².